The molecule has 0 saturated carbocycles. The van der Waals surface area contributed by atoms with Crippen molar-refractivity contribution in [1.29, 1.82) is 0 Å². The van der Waals surface area contributed by atoms with Gasteiger partial charge in [-0.3, -0.25) is 0 Å². The van der Waals surface area contributed by atoms with Gasteiger partial charge in [0.15, 0.2) is 0 Å². The van der Waals surface area contributed by atoms with Gasteiger partial charge in [0, 0.05) is 6.04 Å². The van der Waals surface area contributed by atoms with Gasteiger partial charge in [-0.2, -0.15) is 0 Å². The Bertz CT molecular complexity index is 576. The molecule has 0 aromatic heterocycles. The maximum atomic E-state index is 3.44. The molecule has 0 aliphatic heterocycles. The summed E-state index contributed by atoms with van der Waals surface area (Å²) < 4.78 is 0. The van der Waals surface area contributed by atoms with E-state index in [9.17, 15) is 0 Å². The predicted molar refractivity (Wildman–Crippen MR) is 91.8 cm³/mol. The summed E-state index contributed by atoms with van der Waals surface area (Å²) in [4.78, 5) is 0. The second-order valence-corrected chi connectivity index (χ2v) is 6.91. The third-order valence-electron chi connectivity index (χ3n) is 4.05. The molecular weight excluding hydrogens is 254 g/mol. The zero-order chi connectivity index (χ0) is 15.5. The van der Waals surface area contributed by atoms with Crippen LogP contribution in [0.2, 0.25) is 0 Å². The van der Waals surface area contributed by atoms with E-state index >= 15 is 0 Å². The summed E-state index contributed by atoms with van der Waals surface area (Å²) in [6, 6.07) is 18.2. The summed E-state index contributed by atoms with van der Waals surface area (Å²) >= 11 is 0. The molecule has 2 aromatic rings. The Morgan fingerprint density at radius 1 is 1.00 bits per heavy atom. The number of nitrogens with one attached hydrogen (secondary N) is 1. The highest BCUT2D eigenvalue weighted by atomic mass is 14.9. The minimum atomic E-state index is 0.220. The Labute approximate surface area is 129 Å². The number of hydrogen-bond donors (Lipinski definition) is 1. The third kappa shape index (κ3) is 4.18. The van der Waals surface area contributed by atoms with E-state index in [4.69, 9.17) is 0 Å². The average Bonchev–Trinajstić information content (AvgIpc) is 2.44. The van der Waals surface area contributed by atoms with Crippen LogP contribution >= 0.6 is 0 Å². The van der Waals surface area contributed by atoms with E-state index in [0.29, 0.717) is 6.04 Å². The van der Waals surface area contributed by atoms with Gasteiger partial charge in [0.2, 0.25) is 0 Å². The summed E-state index contributed by atoms with van der Waals surface area (Å²) in [6.45, 7) is 8.91. The van der Waals surface area contributed by atoms with Gasteiger partial charge in [0.05, 0.1) is 0 Å². The zero-order valence-electron chi connectivity index (χ0n) is 13.9. The molecule has 1 atom stereocenters. The molecule has 2 rings (SSSR count). The summed E-state index contributed by atoms with van der Waals surface area (Å²) in [5.41, 5.74) is 5.66. The van der Waals surface area contributed by atoms with Crippen LogP contribution in [0, 0.1) is 6.92 Å². The SMILES string of the molecule is CNC(Cc1ccc(C(C)(C)C)cc1)c1cccc(C)c1. The number of rotatable bonds is 4. The fraction of sp³-hybridized carbons (Fsp3) is 0.400. The lowest BCUT2D eigenvalue weighted by atomic mass is 9.86. The van der Waals surface area contributed by atoms with Gasteiger partial charge in [0.25, 0.3) is 0 Å². The molecule has 0 fully saturated rings. The molecule has 1 nitrogen and oxygen atoms in total. The summed E-state index contributed by atoms with van der Waals surface area (Å²) in [7, 11) is 2.04. The molecule has 0 saturated heterocycles. The maximum absolute atomic E-state index is 3.44. The molecule has 1 unspecified atom stereocenters. The number of likely N-dealkylation sites (N-methyl/N-ethyl adjacent to an activating group) is 1. The van der Waals surface area contributed by atoms with Crippen molar-refractivity contribution in [1.82, 2.24) is 5.32 Å². The zero-order valence-corrected chi connectivity index (χ0v) is 13.9. The maximum Gasteiger partial charge on any atom is 0.0358 e. The molecule has 0 heterocycles. The van der Waals surface area contributed by atoms with Crippen molar-refractivity contribution in [3.8, 4) is 0 Å². The van der Waals surface area contributed by atoms with Crippen LogP contribution in [0.1, 0.15) is 49.1 Å². The third-order valence-corrected chi connectivity index (χ3v) is 4.05. The second-order valence-electron chi connectivity index (χ2n) is 6.91. The molecule has 0 aliphatic rings. The van der Waals surface area contributed by atoms with Crippen LogP contribution in [0.3, 0.4) is 0 Å². The van der Waals surface area contributed by atoms with E-state index in [1.165, 1.54) is 22.3 Å². The van der Waals surface area contributed by atoms with E-state index in [1.807, 2.05) is 7.05 Å². The largest absolute Gasteiger partial charge is 0.313 e. The highest BCUT2D eigenvalue weighted by Gasteiger charge is 2.14. The van der Waals surface area contributed by atoms with E-state index in [2.05, 4.69) is 81.5 Å². The fourth-order valence-corrected chi connectivity index (χ4v) is 2.65. The van der Waals surface area contributed by atoms with Crippen molar-refractivity contribution in [2.75, 3.05) is 7.05 Å². The van der Waals surface area contributed by atoms with Crippen LogP contribution in [0.5, 0.6) is 0 Å². The van der Waals surface area contributed by atoms with Crippen molar-refractivity contribution in [3.05, 3.63) is 70.8 Å². The standard InChI is InChI=1S/C20H27N/c1-15-7-6-8-17(13-15)19(21-5)14-16-9-11-18(12-10-16)20(2,3)4/h6-13,19,21H,14H2,1-5H3. The highest BCUT2D eigenvalue weighted by Crippen LogP contribution is 2.24. The van der Waals surface area contributed by atoms with Gasteiger partial charge in [0.1, 0.15) is 0 Å². The van der Waals surface area contributed by atoms with Crippen LogP contribution in [0.15, 0.2) is 48.5 Å². The Morgan fingerprint density at radius 2 is 1.67 bits per heavy atom. The highest BCUT2D eigenvalue weighted by molar-refractivity contribution is 5.30. The molecule has 0 spiro atoms. The van der Waals surface area contributed by atoms with E-state index in [1.54, 1.807) is 0 Å². The number of hydrogen-bond acceptors (Lipinski definition) is 1. The average molecular weight is 281 g/mol. The van der Waals surface area contributed by atoms with Crippen molar-refractivity contribution in [2.24, 2.45) is 0 Å². The van der Waals surface area contributed by atoms with Gasteiger partial charge in [-0.15, -0.1) is 0 Å². The molecule has 0 amide bonds. The van der Waals surface area contributed by atoms with Crippen molar-refractivity contribution < 1.29 is 0 Å². The minimum absolute atomic E-state index is 0.220. The Balaban J connectivity index is 2.15. The molecule has 0 radical (unpaired) electrons. The lowest BCUT2D eigenvalue weighted by molar-refractivity contribution is 0.583. The molecule has 0 aliphatic carbocycles. The Kier molecular flexibility index (Phi) is 4.84. The molecule has 21 heavy (non-hydrogen) atoms. The van der Waals surface area contributed by atoms with Crippen LogP contribution in [0.4, 0.5) is 0 Å². The van der Waals surface area contributed by atoms with Gasteiger partial charge in [-0.1, -0.05) is 74.9 Å². The number of benzene rings is 2. The summed E-state index contributed by atoms with van der Waals surface area (Å²) in [5, 5.41) is 3.44. The van der Waals surface area contributed by atoms with Crippen molar-refractivity contribution in [3.63, 3.8) is 0 Å². The Hall–Kier alpha value is -1.60. The molecule has 1 heteroatoms. The van der Waals surface area contributed by atoms with Gasteiger partial charge < -0.3 is 5.32 Å². The predicted octanol–water partition coefficient (Wildman–Crippen LogP) is 4.80. The quantitative estimate of drug-likeness (QED) is 0.849. The second kappa shape index (κ2) is 6.44. The van der Waals surface area contributed by atoms with E-state index in [-0.39, 0.29) is 5.41 Å². The van der Waals surface area contributed by atoms with Crippen LogP contribution < -0.4 is 5.32 Å². The fourth-order valence-electron chi connectivity index (χ4n) is 2.65. The molecule has 112 valence electrons. The lowest BCUT2D eigenvalue weighted by Crippen LogP contribution is -2.19. The van der Waals surface area contributed by atoms with Crippen LogP contribution in [0.25, 0.3) is 0 Å². The minimum Gasteiger partial charge on any atom is -0.313 e. The van der Waals surface area contributed by atoms with Crippen LogP contribution in [-0.4, -0.2) is 7.05 Å². The lowest BCUT2D eigenvalue weighted by Gasteiger charge is -2.21. The topological polar surface area (TPSA) is 12.0 Å². The first kappa shape index (κ1) is 15.8. The molecule has 2 aromatic carbocycles. The van der Waals surface area contributed by atoms with Gasteiger partial charge in [-0.05, 0) is 42.5 Å². The first-order chi connectivity index (χ1) is 9.90. The number of aryl methyl sites for hydroxylation is 1. The smallest absolute Gasteiger partial charge is 0.0358 e. The molecular formula is C20H27N. The van der Waals surface area contributed by atoms with Crippen molar-refractivity contribution in [2.45, 2.75) is 45.6 Å². The monoisotopic (exact) mass is 281 g/mol. The normalized spacial score (nSPS) is 13.2. The first-order valence-electron chi connectivity index (χ1n) is 7.73. The van der Waals surface area contributed by atoms with E-state index in [0.717, 1.165) is 6.42 Å². The van der Waals surface area contributed by atoms with Gasteiger partial charge >= 0.3 is 0 Å². The summed E-state index contributed by atoms with van der Waals surface area (Å²) in [5.74, 6) is 0. The van der Waals surface area contributed by atoms with Gasteiger partial charge in [-0.25, -0.2) is 0 Å². The Morgan fingerprint density at radius 3 is 2.19 bits per heavy atom. The van der Waals surface area contributed by atoms with E-state index < -0.39 is 0 Å². The molecule has 1 N–H and O–H groups in total. The summed E-state index contributed by atoms with van der Waals surface area (Å²) in [6.07, 6.45) is 1.02. The van der Waals surface area contributed by atoms with Crippen molar-refractivity contribution >= 4 is 0 Å². The van der Waals surface area contributed by atoms with Crippen LogP contribution in [-0.2, 0) is 11.8 Å². The first-order valence-corrected chi connectivity index (χ1v) is 7.73. The molecule has 0 bridgehead atoms.